The Morgan fingerprint density at radius 1 is 0.585 bits per heavy atom. The van der Waals surface area contributed by atoms with Gasteiger partial charge in [-0.1, -0.05) is 111 Å². The van der Waals surface area contributed by atoms with Crippen LogP contribution in [-0.4, -0.2) is 59.9 Å². The third-order valence-electron chi connectivity index (χ3n) is 11.6. The quantitative estimate of drug-likeness (QED) is 0.120. The molecule has 2 atom stereocenters. The van der Waals surface area contributed by atoms with Gasteiger partial charge in [-0.3, -0.25) is 19.2 Å². The van der Waals surface area contributed by atoms with Crippen molar-refractivity contribution in [1.29, 1.82) is 0 Å². The fourth-order valence-corrected chi connectivity index (χ4v) is 8.36. The molecule has 12 heteroatoms. The number of benzene rings is 6. The molecule has 2 amide bonds. The third-order valence-corrected chi connectivity index (χ3v) is 12.4. The number of aliphatic carboxylic acids is 1. The summed E-state index contributed by atoms with van der Waals surface area (Å²) >= 11 is 12.5. The number of carbonyl (C=O) groups is 4. The van der Waals surface area contributed by atoms with Crippen LogP contribution < -0.4 is 9.47 Å². The van der Waals surface area contributed by atoms with Crippen molar-refractivity contribution in [3.05, 3.63) is 176 Å². The maximum absolute atomic E-state index is 12.7. The van der Waals surface area contributed by atoms with Crippen molar-refractivity contribution in [2.75, 3.05) is 21.2 Å². The molecule has 2 unspecified atom stereocenters. The molecule has 0 saturated heterocycles. The zero-order valence-corrected chi connectivity index (χ0v) is 37.0. The predicted octanol–water partition coefficient (Wildman–Crippen LogP) is 12.4. The van der Waals surface area contributed by atoms with Crippen LogP contribution >= 0.6 is 23.2 Å². The molecule has 2 heterocycles. The smallest absolute Gasteiger partial charge is 0.307 e. The molecule has 338 valence electrons. The second-order valence-corrected chi connectivity index (χ2v) is 16.4. The molecule has 1 N–H and O–H groups in total. The summed E-state index contributed by atoms with van der Waals surface area (Å²) in [4.78, 5) is 51.1. The molecule has 65 heavy (non-hydrogen) atoms. The Morgan fingerprint density at radius 3 is 1.42 bits per heavy atom. The highest BCUT2D eigenvalue weighted by atomic mass is 35.5. The molecule has 0 saturated carbocycles. The largest absolute Gasteiger partial charge is 0.489 e. The Morgan fingerprint density at radius 2 is 1.00 bits per heavy atom. The van der Waals surface area contributed by atoms with Crippen LogP contribution in [0.3, 0.4) is 0 Å². The van der Waals surface area contributed by atoms with E-state index >= 15 is 0 Å². The Balaban J connectivity index is 0.000000237. The Hall–Kier alpha value is -6.62. The number of carbonyl (C=O) groups excluding carboxylic acids is 3. The summed E-state index contributed by atoms with van der Waals surface area (Å²) < 4.78 is 16.7. The fourth-order valence-electron chi connectivity index (χ4n) is 8.01. The first-order valence-corrected chi connectivity index (χ1v) is 21.0. The van der Waals surface area contributed by atoms with Crippen LogP contribution in [0.5, 0.6) is 11.5 Å². The summed E-state index contributed by atoms with van der Waals surface area (Å²) in [5.41, 5.74) is 10.9. The van der Waals surface area contributed by atoms with Gasteiger partial charge in [0.25, 0.3) is 11.8 Å². The van der Waals surface area contributed by atoms with Gasteiger partial charge in [-0.05, 0) is 118 Å². The van der Waals surface area contributed by atoms with Gasteiger partial charge in [0.05, 0.1) is 32.0 Å². The van der Waals surface area contributed by atoms with Gasteiger partial charge in [-0.15, -0.1) is 0 Å². The lowest BCUT2D eigenvalue weighted by Gasteiger charge is -2.19. The lowest BCUT2D eigenvalue weighted by atomic mass is 9.99. The van der Waals surface area contributed by atoms with Crippen molar-refractivity contribution in [2.24, 2.45) is 0 Å². The molecule has 0 fully saturated rings. The maximum atomic E-state index is 12.7. The first-order chi connectivity index (χ1) is 30.2. The summed E-state index contributed by atoms with van der Waals surface area (Å²) in [6.07, 6.45) is 0.00676. The van der Waals surface area contributed by atoms with Crippen LogP contribution in [0.15, 0.2) is 121 Å². The normalized spacial score (nSPS) is 14.6. The van der Waals surface area contributed by atoms with Crippen LogP contribution in [0, 0.1) is 13.8 Å². The Bertz CT molecular complexity index is 2740. The number of methoxy groups -OCH3 is 1. The molecule has 0 radical (unpaired) electrons. The molecular weight excluding hydrogens is 863 g/mol. The molecule has 2 aliphatic rings. The van der Waals surface area contributed by atoms with E-state index in [1.807, 2.05) is 92.7 Å². The van der Waals surface area contributed by atoms with Gasteiger partial charge < -0.3 is 29.1 Å². The van der Waals surface area contributed by atoms with Crippen LogP contribution in [-0.2, 0) is 27.5 Å². The minimum Gasteiger partial charge on any atom is -0.489 e. The maximum Gasteiger partial charge on any atom is 0.307 e. The number of rotatable bonds is 12. The summed E-state index contributed by atoms with van der Waals surface area (Å²) in [5, 5.41) is 10.6. The molecular formula is C53H54Cl2N2O8. The van der Waals surface area contributed by atoms with Crippen LogP contribution in [0.25, 0.3) is 22.3 Å². The van der Waals surface area contributed by atoms with Crippen molar-refractivity contribution in [2.45, 2.75) is 66.8 Å². The van der Waals surface area contributed by atoms with Crippen molar-refractivity contribution in [3.8, 4) is 33.8 Å². The van der Waals surface area contributed by atoms with Gasteiger partial charge in [-0.25, -0.2) is 0 Å². The highest BCUT2D eigenvalue weighted by Gasteiger charge is 2.37. The number of ether oxygens (including phenoxy) is 3. The molecule has 6 aromatic rings. The predicted molar refractivity (Wildman–Crippen MR) is 257 cm³/mol. The minimum atomic E-state index is -0.937. The topological polar surface area (TPSA) is 123 Å². The molecule has 6 aromatic carbocycles. The van der Waals surface area contributed by atoms with Crippen molar-refractivity contribution in [3.63, 3.8) is 0 Å². The Kier molecular flexibility index (Phi) is 16.2. The monoisotopic (exact) mass is 916 g/mol. The number of hydrogen-bond acceptors (Lipinski definition) is 7. The highest BCUT2D eigenvalue weighted by molar-refractivity contribution is 6.32. The number of esters is 1. The zero-order valence-electron chi connectivity index (χ0n) is 35.5. The van der Waals surface area contributed by atoms with Gasteiger partial charge in [0.2, 0.25) is 0 Å². The van der Waals surface area contributed by atoms with Gasteiger partial charge in [0.15, 0.2) is 0 Å². The number of halogens is 2. The molecule has 10 nitrogen and oxygen atoms in total. The van der Waals surface area contributed by atoms with Gasteiger partial charge >= 0.3 is 11.9 Å². The fraction of sp³-hybridized carbons (Fsp3) is 0.245. The van der Waals surface area contributed by atoms with E-state index in [1.54, 1.807) is 43.3 Å². The molecule has 0 bridgehead atoms. The molecule has 0 spiro atoms. The van der Waals surface area contributed by atoms with Crippen LogP contribution in [0.1, 0.15) is 93.9 Å². The van der Waals surface area contributed by atoms with E-state index in [4.69, 9.17) is 42.5 Å². The molecule has 0 aliphatic carbocycles. The zero-order chi connectivity index (χ0) is 44.9. The summed E-state index contributed by atoms with van der Waals surface area (Å²) in [5.74, 6) is -0.428. The average molecular weight is 918 g/mol. The average Bonchev–Trinajstić information content (AvgIpc) is 3.66. The van der Waals surface area contributed by atoms with E-state index in [2.05, 4.69) is 18.2 Å². The lowest BCUT2D eigenvalue weighted by molar-refractivity contribution is -0.142. The highest BCUT2D eigenvalue weighted by Crippen LogP contribution is 2.39. The number of carboxylic acids is 1. The summed E-state index contributed by atoms with van der Waals surface area (Å²) in [7, 11) is 4.67. The van der Waals surface area contributed by atoms with Gasteiger partial charge in [0.1, 0.15) is 24.7 Å². The first kappa shape index (κ1) is 49.4. The van der Waals surface area contributed by atoms with Crippen LogP contribution in [0.2, 0.25) is 10.0 Å². The second-order valence-electron chi connectivity index (χ2n) is 15.5. The van der Waals surface area contributed by atoms with E-state index < -0.39 is 12.0 Å². The number of carboxylic acid groups (broad SMARTS) is 1. The van der Waals surface area contributed by atoms with Crippen LogP contribution in [0.4, 0.5) is 0 Å². The standard InChI is InChI=1S/C26H24ClNO4.C25H22ClNO4.2CH4/c1-16-20(8-5-9-23(16)27)18-7-4-6-17(12-18)15-32-19-10-11-21-22(13-19)26(30)28(2)24(21)14-25(29)31-3;1-15-19(7-4-8-22(15)26)17-6-3-5-16(11-17)14-31-18-9-10-20-21(12-18)25(30)27(2)23(20)13-24(28)29;;/h4-13,24H,14-15H2,1-3H3;3-12,23H,13-14H2,1-2H3,(H,28,29);2*1H4. The van der Waals surface area contributed by atoms with Crippen molar-refractivity contribution < 1.29 is 38.5 Å². The summed E-state index contributed by atoms with van der Waals surface area (Å²) in [6.45, 7) is 4.71. The number of hydrogen-bond donors (Lipinski definition) is 1. The van der Waals surface area contributed by atoms with E-state index in [0.717, 1.165) is 65.7 Å². The van der Waals surface area contributed by atoms with E-state index in [-0.39, 0.29) is 51.5 Å². The third kappa shape index (κ3) is 10.8. The van der Waals surface area contributed by atoms with Gasteiger partial charge in [-0.2, -0.15) is 0 Å². The van der Waals surface area contributed by atoms with Crippen molar-refractivity contribution in [1.82, 2.24) is 9.80 Å². The molecule has 2 aliphatic heterocycles. The molecule has 0 aromatic heterocycles. The SMILES string of the molecule is C.C.COC(=O)CC1c2ccc(OCc3cccc(-c4cccc(Cl)c4C)c3)cc2C(=O)N1C.Cc1c(Cl)cccc1-c1cccc(COc2ccc3c(c2)C(=O)N(C)C3CC(=O)O)c1. The number of amides is 2. The van der Waals surface area contributed by atoms with E-state index in [0.29, 0.717) is 35.8 Å². The number of fused-ring (bicyclic) bond motifs is 2. The van der Waals surface area contributed by atoms with E-state index in [9.17, 15) is 19.2 Å². The minimum absolute atomic E-state index is 0. The van der Waals surface area contributed by atoms with E-state index in [1.165, 1.54) is 12.0 Å². The number of nitrogens with zero attached hydrogens (tertiary/aromatic N) is 2. The Labute approximate surface area is 391 Å². The second kappa shape index (κ2) is 21.4. The summed E-state index contributed by atoms with van der Waals surface area (Å²) in [6, 6.07) is 37.8. The van der Waals surface area contributed by atoms with Crippen molar-refractivity contribution >= 4 is 47.0 Å². The first-order valence-electron chi connectivity index (χ1n) is 20.3. The van der Waals surface area contributed by atoms with Gasteiger partial charge in [0, 0.05) is 35.3 Å². The lowest BCUT2D eigenvalue weighted by Crippen LogP contribution is -2.25. The molecule has 8 rings (SSSR count).